The number of aliphatic hydroxyl groups is 1. The van der Waals surface area contributed by atoms with Crippen LogP contribution in [0.4, 0.5) is 13.2 Å². The Labute approximate surface area is 185 Å². The second-order valence-electron chi connectivity index (χ2n) is 6.08. The zero-order chi connectivity index (χ0) is 25.6. The minimum absolute atomic E-state index is 0.0420. The van der Waals surface area contributed by atoms with Crippen LogP contribution in [0, 0.1) is 22.8 Å². The summed E-state index contributed by atoms with van der Waals surface area (Å²) in [5.41, 5.74) is -4.99. The van der Waals surface area contributed by atoms with Gasteiger partial charge in [0.2, 0.25) is 5.67 Å². The van der Waals surface area contributed by atoms with E-state index in [0.29, 0.717) is 0 Å². The number of terminal acetylenes is 1. The minimum atomic E-state index is -5.98. The van der Waals surface area contributed by atoms with Crippen molar-refractivity contribution in [3.05, 3.63) is 27.1 Å². The molecule has 15 nitrogen and oxygen atoms in total. The molecule has 1 aromatic heterocycles. The number of hydrogen-bond acceptors (Lipinski definition) is 10. The van der Waals surface area contributed by atoms with Crippen LogP contribution in [0.15, 0.2) is 11.0 Å². The van der Waals surface area contributed by atoms with Crippen LogP contribution in [0.3, 0.4) is 0 Å². The van der Waals surface area contributed by atoms with Crippen LogP contribution in [-0.4, -0.2) is 58.5 Å². The minimum Gasteiger partial charge on any atom is -0.383 e. The third kappa shape index (κ3) is 6.27. The molecule has 1 saturated heterocycles. The van der Waals surface area contributed by atoms with Gasteiger partial charge in [-0.2, -0.15) is 8.62 Å². The highest BCUT2D eigenvalue weighted by Crippen LogP contribution is 2.66. The summed E-state index contributed by atoms with van der Waals surface area (Å²) < 4.78 is 92.2. The number of aromatic nitrogens is 2. The molecule has 1 aliphatic rings. The van der Waals surface area contributed by atoms with Crippen LogP contribution in [0.2, 0.25) is 0 Å². The van der Waals surface area contributed by atoms with Gasteiger partial charge in [0.15, 0.2) is 18.1 Å². The summed E-state index contributed by atoms with van der Waals surface area (Å²) in [6.45, 7) is -1.98. The predicted molar refractivity (Wildman–Crippen MR) is 98.3 cm³/mol. The number of rotatable bonds is 8. The Balaban J connectivity index is 2.32. The molecular weight excluding hydrogens is 550 g/mol. The number of nitrogens with zero attached hydrogens (tertiary/aromatic N) is 1. The number of ether oxygens (including phenoxy) is 1. The summed E-state index contributed by atoms with van der Waals surface area (Å²) >= 11 is 4.45. The van der Waals surface area contributed by atoms with Gasteiger partial charge in [-0.1, -0.05) is 18.1 Å². The van der Waals surface area contributed by atoms with E-state index < -0.39 is 70.1 Å². The molecule has 1 fully saturated rings. The average molecular weight is 562 g/mol. The highest BCUT2D eigenvalue weighted by atomic mass is 32.1. The van der Waals surface area contributed by atoms with E-state index in [2.05, 4.69) is 30.1 Å². The molecule has 0 amide bonds. The zero-order valence-electron chi connectivity index (χ0n) is 15.3. The molecule has 6 N–H and O–H groups in total. The molecule has 2 rings (SSSR count). The largest absolute Gasteiger partial charge is 0.490 e. The van der Waals surface area contributed by atoms with Crippen molar-refractivity contribution in [2.45, 2.75) is 23.9 Å². The van der Waals surface area contributed by atoms with Gasteiger partial charge in [0.1, 0.15) is 11.2 Å². The molecule has 0 aromatic carbocycles. The van der Waals surface area contributed by atoms with E-state index >= 15 is 8.78 Å². The Hall–Kier alpha value is -1.22. The molecule has 186 valence electrons. The lowest BCUT2D eigenvalue weighted by Gasteiger charge is -2.25. The van der Waals surface area contributed by atoms with Gasteiger partial charge < -0.3 is 29.4 Å². The van der Waals surface area contributed by atoms with Crippen LogP contribution in [0.25, 0.3) is 0 Å². The van der Waals surface area contributed by atoms with Crippen molar-refractivity contribution in [2.24, 2.45) is 0 Å². The average Bonchev–Trinajstić information content (AvgIpc) is 2.82. The SMILES string of the molecule is C#C[C@@]1(F)C(O)[C@@](F)(COP(=O)(O)OP(=O)(O)OP(=O)(O)O)O[C@H]1n1cc(F)c(=S)[nH]c1=O. The maximum atomic E-state index is 15.2. The summed E-state index contributed by atoms with van der Waals surface area (Å²) in [6.07, 6.45) is -0.465. The van der Waals surface area contributed by atoms with Gasteiger partial charge in [0.05, 0.1) is 6.20 Å². The first-order chi connectivity index (χ1) is 14.8. The molecule has 1 aliphatic heterocycles. The number of alkyl halides is 2. The lowest BCUT2D eigenvalue weighted by atomic mass is 9.96. The molecular formula is C11H12F3N2O13P3S. The Morgan fingerprint density at radius 3 is 2.33 bits per heavy atom. The molecule has 0 spiro atoms. The second-order valence-corrected chi connectivity index (χ2v) is 10.9. The summed E-state index contributed by atoms with van der Waals surface area (Å²) in [4.78, 5) is 49.0. The number of halogens is 3. The summed E-state index contributed by atoms with van der Waals surface area (Å²) in [5, 5.41) is 10.0. The van der Waals surface area contributed by atoms with Gasteiger partial charge in [0.25, 0.3) is 5.85 Å². The van der Waals surface area contributed by atoms with E-state index in [1.807, 2.05) is 0 Å². The highest BCUT2D eigenvalue weighted by Gasteiger charge is 2.67. The molecule has 6 atom stereocenters. The number of phosphoric ester groups is 1. The number of phosphoric acid groups is 3. The lowest BCUT2D eigenvalue weighted by Crippen LogP contribution is -2.48. The lowest BCUT2D eigenvalue weighted by molar-refractivity contribution is -0.205. The number of aliphatic hydroxyl groups excluding tert-OH is 1. The standard InChI is InChI=1S/C11H12F3N2O13P3S/c1-2-10(13)7(17)11(14,27-8(10)16-3-5(12)6(33)15-9(16)18)4-26-31(22,23)29-32(24,25)28-30(19,20)21/h1,3,7-8,17H,4H2,(H,22,23)(H,24,25)(H,15,18,33)(H2,19,20,21)/t7?,8-,10-,11-/m1/s1. The van der Waals surface area contributed by atoms with Crippen molar-refractivity contribution in [3.63, 3.8) is 0 Å². The van der Waals surface area contributed by atoms with Crippen molar-refractivity contribution >= 4 is 35.7 Å². The molecule has 0 saturated carbocycles. The first-order valence-electron chi connectivity index (χ1n) is 7.76. The van der Waals surface area contributed by atoms with Gasteiger partial charge in [-0.25, -0.2) is 31.7 Å². The van der Waals surface area contributed by atoms with E-state index in [0.717, 1.165) is 0 Å². The van der Waals surface area contributed by atoms with Gasteiger partial charge in [-0.3, -0.25) is 14.1 Å². The number of hydrogen-bond donors (Lipinski definition) is 6. The second kappa shape index (κ2) is 9.10. The third-order valence-electron chi connectivity index (χ3n) is 3.71. The Kier molecular flexibility index (Phi) is 7.72. The van der Waals surface area contributed by atoms with Crippen LogP contribution in [0.5, 0.6) is 0 Å². The Morgan fingerprint density at radius 2 is 1.82 bits per heavy atom. The van der Waals surface area contributed by atoms with E-state index in [4.69, 9.17) is 21.1 Å². The van der Waals surface area contributed by atoms with Crippen molar-refractivity contribution in [3.8, 4) is 12.3 Å². The fraction of sp³-hybridized carbons (Fsp3) is 0.455. The van der Waals surface area contributed by atoms with Crippen LogP contribution in [-0.2, 0) is 31.6 Å². The first kappa shape index (κ1) is 28.0. The predicted octanol–water partition coefficient (Wildman–Crippen LogP) is 0.285. The van der Waals surface area contributed by atoms with E-state index in [1.54, 1.807) is 4.98 Å². The Morgan fingerprint density at radius 1 is 1.24 bits per heavy atom. The van der Waals surface area contributed by atoms with Crippen molar-refractivity contribution in [2.75, 3.05) is 6.61 Å². The molecule has 3 unspecified atom stereocenters. The van der Waals surface area contributed by atoms with Gasteiger partial charge in [0, 0.05) is 0 Å². The van der Waals surface area contributed by atoms with Crippen LogP contribution < -0.4 is 5.69 Å². The molecule has 0 aliphatic carbocycles. The van der Waals surface area contributed by atoms with Crippen LogP contribution in [0.1, 0.15) is 6.23 Å². The van der Waals surface area contributed by atoms with Crippen molar-refractivity contribution < 1.29 is 69.4 Å². The molecule has 33 heavy (non-hydrogen) atoms. The van der Waals surface area contributed by atoms with E-state index in [9.17, 15) is 32.9 Å². The molecule has 0 radical (unpaired) electrons. The van der Waals surface area contributed by atoms with E-state index in [-0.39, 0.29) is 10.8 Å². The zero-order valence-corrected chi connectivity index (χ0v) is 18.8. The van der Waals surface area contributed by atoms with Gasteiger partial charge in [-0.15, -0.1) is 6.42 Å². The van der Waals surface area contributed by atoms with Crippen molar-refractivity contribution in [1.29, 1.82) is 0 Å². The molecule has 0 bridgehead atoms. The monoisotopic (exact) mass is 562 g/mol. The summed E-state index contributed by atoms with van der Waals surface area (Å²) in [7, 11) is -17.6. The number of aromatic amines is 1. The summed E-state index contributed by atoms with van der Waals surface area (Å²) in [5.74, 6) is -3.89. The maximum Gasteiger partial charge on any atom is 0.490 e. The van der Waals surface area contributed by atoms with Crippen molar-refractivity contribution in [1.82, 2.24) is 9.55 Å². The molecule has 2 heterocycles. The number of H-pyrrole nitrogens is 1. The molecule has 1 aromatic rings. The van der Waals surface area contributed by atoms with Gasteiger partial charge in [-0.05, 0) is 0 Å². The quantitative estimate of drug-likeness (QED) is 0.142. The highest BCUT2D eigenvalue weighted by molar-refractivity contribution is 7.71. The molecule has 22 heteroatoms. The third-order valence-corrected chi connectivity index (χ3v) is 7.79. The normalized spacial score (nSPS) is 31.5. The fourth-order valence-corrected chi connectivity index (χ4v) is 5.59. The van der Waals surface area contributed by atoms with Crippen LogP contribution >= 0.6 is 35.7 Å². The topological polar surface area (TPSA) is 227 Å². The number of nitrogens with one attached hydrogen (secondary N) is 1. The Bertz CT molecular complexity index is 1240. The maximum absolute atomic E-state index is 15.2. The first-order valence-corrected chi connectivity index (χ1v) is 12.7. The smallest absolute Gasteiger partial charge is 0.383 e. The van der Waals surface area contributed by atoms with E-state index in [1.165, 1.54) is 5.92 Å². The fourth-order valence-electron chi connectivity index (χ4n) is 2.41. The van der Waals surface area contributed by atoms with Gasteiger partial charge >= 0.3 is 29.2 Å². The summed E-state index contributed by atoms with van der Waals surface area (Å²) in [6, 6.07) is 0.